The van der Waals surface area contributed by atoms with Gasteiger partial charge in [0.15, 0.2) is 0 Å². The molecule has 118 valence electrons. The number of sulfonamides is 1. The Kier molecular flexibility index (Phi) is 3.98. The van der Waals surface area contributed by atoms with Gasteiger partial charge in [-0.05, 0) is 29.0 Å². The van der Waals surface area contributed by atoms with Crippen LogP contribution in [0.2, 0.25) is 0 Å². The third-order valence-corrected chi connectivity index (χ3v) is 6.14. The average Bonchev–Trinajstić information content (AvgIpc) is 2.33. The lowest BCUT2D eigenvalue weighted by Crippen LogP contribution is -2.65. The van der Waals surface area contributed by atoms with Crippen LogP contribution in [-0.4, -0.2) is 36.5 Å². The van der Waals surface area contributed by atoms with Crippen molar-refractivity contribution in [3.05, 3.63) is 29.8 Å². The van der Waals surface area contributed by atoms with Crippen LogP contribution >= 0.6 is 0 Å². The molecule has 1 aliphatic rings. The van der Waals surface area contributed by atoms with Crippen molar-refractivity contribution in [2.45, 2.75) is 50.5 Å². The molecule has 1 fully saturated rings. The molecule has 0 aliphatic carbocycles. The first-order valence-electron chi connectivity index (χ1n) is 7.30. The highest BCUT2D eigenvalue weighted by molar-refractivity contribution is 7.89. The summed E-state index contributed by atoms with van der Waals surface area (Å²) in [5.74, 6) is 0.0483. The van der Waals surface area contributed by atoms with Gasteiger partial charge in [-0.2, -0.15) is 4.31 Å². The molecule has 1 aromatic rings. The van der Waals surface area contributed by atoms with Crippen LogP contribution in [0.3, 0.4) is 0 Å². The molecule has 0 unspecified atom stereocenters. The fraction of sp³-hybridized carbons (Fsp3) is 0.625. The highest BCUT2D eigenvalue weighted by atomic mass is 32.2. The first-order chi connectivity index (χ1) is 9.47. The molecule has 5 heteroatoms. The van der Waals surface area contributed by atoms with E-state index >= 15 is 0 Å². The van der Waals surface area contributed by atoms with Crippen molar-refractivity contribution < 1.29 is 13.5 Å². The number of benzene rings is 1. The van der Waals surface area contributed by atoms with Crippen molar-refractivity contribution in [3.8, 4) is 0 Å². The van der Waals surface area contributed by atoms with E-state index in [2.05, 4.69) is 20.8 Å². The SMILES string of the molecule is CC(C)C1(O)CN(S(=O)(=O)c2ccc(C(C)(C)C)cc2)C1. The van der Waals surface area contributed by atoms with Crippen LogP contribution in [0, 0.1) is 5.92 Å². The largest absolute Gasteiger partial charge is 0.387 e. The van der Waals surface area contributed by atoms with Crippen molar-refractivity contribution in [2.75, 3.05) is 13.1 Å². The monoisotopic (exact) mass is 311 g/mol. The first-order valence-corrected chi connectivity index (χ1v) is 8.74. The molecule has 1 heterocycles. The Bertz CT molecular complexity index is 606. The molecule has 0 radical (unpaired) electrons. The second kappa shape index (κ2) is 5.07. The molecule has 21 heavy (non-hydrogen) atoms. The molecule has 0 bridgehead atoms. The minimum Gasteiger partial charge on any atom is -0.387 e. The van der Waals surface area contributed by atoms with Gasteiger partial charge in [0.25, 0.3) is 0 Å². The van der Waals surface area contributed by atoms with Gasteiger partial charge in [-0.25, -0.2) is 8.42 Å². The van der Waals surface area contributed by atoms with Crippen LogP contribution in [0.15, 0.2) is 29.2 Å². The standard InChI is InChI=1S/C16H25NO3S/c1-12(2)16(18)10-17(11-16)21(19,20)14-8-6-13(7-9-14)15(3,4)5/h6-9,12,18H,10-11H2,1-5H3. The summed E-state index contributed by atoms with van der Waals surface area (Å²) in [6, 6.07) is 7.04. The van der Waals surface area contributed by atoms with Gasteiger partial charge in [0, 0.05) is 13.1 Å². The second-order valence-corrected chi connectivity index (χ2v) is 9.24. The van der Waals surface area contributed by atoms with E-state index in [1.807, 2.05) is 26.0 Å². The fourth-order valence-corrected chi connectivity index (χ4v) is 3.94. The number of hydrogen-bond acceptors (Lipinski definition) is 3. The average molecular weight is 311 g/mol. The summed E-state index contributed by atoms with van der Waals surface area (Å²) in [4.78, 5) is 0.293. The van der Waals surface area contributed by atoms with Crippen LogP contribution in [-0.2, 0) is 15.4 Å². The second-order valence-electron chi connectivity index (χ2n) is 7.31. The molecule has 0 spiro atoms. The Hall–Kier alpha value is -0.910. The van der Waals surface area contributed by atoms with E-state index in [9.17, 15) is 13.5 Å². The maximum absolute atomic E-state index is 12.5. The molecule has 1 aromatic carbocycles. The third-order valence-electron chi connectivity index (χ3n) is 4.33. The van der Waals surface area contributed by atoms with E-state index in [1.165, 1.54) is 4.31 Å². The van der Waals surface area contributed by atoms with Gasteiger partial charge in [0.2, 0.25) is 10.0 Å². The normalized spacial score (nSPS) is 19.6. The lowest BCUT2D eigenvalue weighted by molar-refractivity contribution is -0.0932. The summed E-state index contributed by atoms with van der Waals surface area (Å²) in [5, 5.41) is 10.2. The number of β-amino-alcohol motifs (C(OH)–C–C–N with tert-alkyl or cyclic N) is 1. The number of rotatable bonds is 3. The Morgan fingerprint density at radius 2 is 1.62 bits per heavy atom. The minimum absolute atomic E-state index is 0.00303. The predicted octanol–water partition coefficient (Wildman–Crippen LogP) is 2.38. The van der Waals surface area contributed by atoms with Crippen molar-refractivity contribution in [1.29, 1.82) is 0 Å². The number of hydrogen-bond donors (Lipinski definition) is 1. The summed E-state index contributed by atoms with van der Waals surface area (Å²) >= 11 is 0. The van der Waals surface area contributed by atoms with Gasteiger partial charge in [0.05, 0.1) is 10.5 Å². The minimum atomic E-state index is -3.50. The van der Waals surface area contributed by atoms with Gasteiger partial charge >= 0.3 is 0 Å². The quantitative estimate of drug-likeness (QED) is 0.932. The third kappa shape index (κ3) is 3.00. The van der Waals surface area contributed by atoms with Crippen LogP contribution in [0.25, 0.3) is 0 Å². The van der Waals surface area contributed by atoms with Gasteiger partial charge < -0.3 is 5.11 Å². The Morgan fingerprint density at radius 1 is 1.14 bits per heavy atom. The van der Waals surface area contributed by atoms with Gasteiger partial charge in [-0.15, -0.1) is 0 Å². The Morgan fingerprint density at radius 3 is 2.00 bits per heavy atom. The van der Waals surface area contributed by atoms with Crippen molar-refractivity contribution in [3.63, 3.8) is 0 Å². The molecule has 0 amide bonds. The summed E-state index contributed by atoms with van der Waals surface area (Å²) in [6.07, 6.45) is 0. The topological polar surface area (TPSA) is 57.6 Å². The summed E-state index contributed by atoms with van der Waals surface area (Å²) in [5.41, 5.74) is 0.207. The van der Waals surface area contributed by atoms with Crippen LogP contribution < -0.4 is 0 Å². The highest BCUT2D eigenvalue weighted by Gasteiger charge is 2.49. The highest BCUT2D eigenvalue weighted by Crippen LogP contribution is 2.33. The van der Waals surface area contributed by atoms with E-state index < -0.39 is 15.6 Å². The van der Waals surface area contributed by atoms with Crippen molar-refractivity contribution in [1.82, 2.24) is 4.31 Å². The molecule has 0 atom stereocenters. The summed E-state index contributed by atoms with van der Waals surface area (Å²) in [6.45, 7) is 10.4. The molecule has 1 saturated heterocycles. The fourth-order valence-electron chi connectivity index (χ4n) is 2.38. The first kappa shape index (κ1) is 16.5. The molecule has 4 nitrogen and oxygen atoms in total. The zero-order chi connectivity index (χ0) is 16.1. The van der Waals surface area contributed by atoms with Gasteiger partial charge in [-0.1, -0.05) is 46.8 Å². The zero-order valence-electron chi connectivity index (χ0n) is 13.4. The van der Waals surface area contributed by atoms with E-state index in [0.717, 1.165) is 5.56 Å². The van der Waals surface area contributed by atoms with Crippen LogP contribution in [0.4, 0.5) is 0 Å². The number of aliphatic hydroxyl groups is 1. The van der Waals surface area contributed by atoms with Gasteiger partial charge in [0.1, 0.15) is 0 Å². The van der Waals surface area contributed by atoms with Crippen molar-refractivity contribution >= 4 is 10.0 Å². The molecule has 0 aromatic heterocycles. The zero-order valence-corrected chi connectivity index (χ0v) is 14.2. The van der Waals surface area contributed by atoms with Gasteiger partial charge in [-0.3, -0.25) is 0 Å². The Balaban J connectivity index is 2.19. The molecule has 0 saturated carbocycles. The molecular weight excluding hydrogens is 286 g/mol. The van der Waals surface area contributed by atoms with Crippen molar-refractivity contribution in [2.24, 2.45) is 5.92 Å². The lowest BCUT2D eigenvalue weighted by Gasteiger charge is -2.47. The smallest absolute Gasteiger partial charge is 0.243 e. The predicted molar refractivity (Wildman–Crippen MR) is 83.7 cm³/mol. The van der Waals surface area contributed by atoms with E-state index in [1.54, 1.807) is 12.1 Å². The molecular formula is C16H25NO3S. The van der Waals surface area contributed by atoms with E-state index in [4.69, 9.17) is 0 Å². The van der Waals surface area contributed by atoms with Crippen LogP contribution in [0.5, 0.6) is 0 Å². The Labute approximate surface area is 127 Å². The molecule has 1 N–H and O–H groups in total. The number of nitrogens with zero attached hydrogens (tertiary/aromatic N) is 1. The summed E-state index contributed by atoms with van der Waals surface area (Å²) in [7, 11) is -3.50. The maximum atomic E-state index is 12.5. The van der Waals surface area contributed by atoms with Crippen LogP contribution in [0.1, 0.15) is 40.2 Å². The maximum Gasteiger partial charge on any atom is 0.243 e. The van der Waals surface area contributed by atoms with E-state index in [0.29, 0.717) is 4.90 Å². The molecule has 2 rings (SSSR count). The lowest BCUT2D eigenvalue weighted by atomic mass is 9.85. The summed E-state index contributed by atoms with van der Waals surface area (Å²) < 4.78 is 26.3. The molecule has 1 aliphatic heterocycles. The van der Waals surface area contributed by atoms with E-state index in [-0.39, 0.29) is 24.4 Å².